The molecule has 0 aliphatic carbocycles. The van der Waals surface area contributed by atoms with Crippen LogP contribution in [0.25, 0.3) is 0 Å². The van der Waals surface area contributed by atoms with E-state index < -0.39 is 0 Å². The second-order valence-electron chi connectivity index (χ2n) is 5.26. The first kappa shape index (κ1) is 13.0. The smallest absolute Gasteiger partial charge is 0.255 e. The Balaban J connectivity index is 2.20. The van der Waals surface area contributed by atoms with Crippen molar-refractivity contribution in [1.82, 2.24) is 15.2 Å². The van der Waals surface area contributed by atoms with Gasteiger partial charge in [0.1, 0.15) is 0 Å². The number of pyridine rings is 1. The fourth-order valence-corrected chi connectivity index (χ4v) is 2.58. The number of carbonyl (C=O) groups excluding carboxylic acids is 1. The Labute approximate surface area is 108 Å². The maximum atomic E-state index is 12.5. The van der Waals surface area contributed by atoms with E-state index in [9.17, 15) is 4.79 Å². The maximum Gasteiger partial charge on any atom is 0.255 e. The van der Waals surface area contributed by atoms with Gasteiger partial charge in [0.05, 0.1) is 11.3 Å². The molecule has 98 valence electrons. The summed E-state index contributed by atoms with van der Waals surface area (Å²) in [6, 6.07) is 4.47. The molecule has 1 amide bonds. The molecule has 0 radical (unpaired) electrons. The van der Waals surface area contributed by atoms with Crippen LogP contribution in [0.2, 0.25) is 0 Å². The number of rotatable bonds is 1. The van der Waals surface area contributed by atoms with E-state index in [1.807, 2.05) is 30.9 Å². The highest BCUT2D eigenvalue weighted by atomic mass is 16.2. The van der Waals surface area contributed by atoms with Crippen LogP contribution in [0, 0.1) is 13.8 Å². The minimum absolute atomic E-state index is 0.0974. The molecule has 1 aromatic heterocycles. The van der Waals surface area contributed by atoms with Gasteiger partial charge >= 0.3 is 0 Å². The molecule has 1 aromatic rings. The van der Waals surface area contributed by atoms with Crippen LogP contribution in [0.1, 0.15) is 35.6 Å². The number of piperazine rings is 1. The standard InChI is InChI=1S/C14H21N3O/c1-9-5-6-13(12(4)16-9)14(18)17-7-10(2)15-11(3)8-17/h5-6,10-11,15H,7-8H2,1-4H3/t10-,11-/m0/s1. The molecular formula is C14H21N3O. The average Bonchev–Trinajstić information content (AvgIpc) is 2.26. The van der Waals surface area contributed by atoms with Gasteiger partial charge in [0.15, 0.2) is 0 Å². The van der Waals surface area contributed by atoms with Crippen molar-refractivity contribution < 1.29 is 4.79 Å². The maximum absolute atomic E-state index is 12.5. The second-order valence-corrected chi connectivity index (χ2v) is 5.26. The van der Waals surface area contributed by atoms with Crippen molar-refractivity contribution in [3.8, 4) is 0 Å². The number of hydrogen-bond acceptors (Lipinski definition) is 3. The number of carbonyl (C=O) groups is 1. The Kier molecular flexibility index (Phi) is 3.66. The first-order chi connectivity index (χ1) is 8.47. The highest BCUT2D eigenvalue weighted by molar-refractivity contribution is 5.95. The van der Waals surface area contributed by atoms with Crippen molar-refractivity contribution >= 4 is 5.91 Å². The van der Waals surface area contributed by atoms with Crippen molar-refractivity contribution in [3.63, 3.8) is 0 Å². The van der Waals surface area contributed by atoms with Gasteiger partial charge in [0, 0.05) is 30.9 Å². The van der Waals surface area contributed by atoms with Crippen LogP contribution in [0.5, 0.6) is 0 Å². The lowest BCUT2D eigenvalue weighted by Crippen LogP contribution is -2.55. The predicted octanol–water partition coefficient (Wildman–Crippen LogP) is 1.52. The second kappa shape index (κ2) is 5.06. The molecule has 1 N–H and O–H groups in total. The number of hydrogen-bond donors (Lipinski definition) is 1. The summed E-state index contributed by atoms with van der Waals surface area (Å²) in [6.07, 6.45) is 0. The van der Waals surface area contributed by atoms with Gasteiger partial charge in [-0.3, -0.25) is 9.78 Å². The van der Waals surface area contributed by atoms with Gasteiger partial charge in [-0.2, -0.15) is 0 Å². The zero-order valence-corrected chi connectivity index (χ0v) is 11.5. The molecule has 4 heteroatoms. The van der Waals surface area contributed by atoms with E-state index in [0.29, 0.717) is 12.1 Å². The number of amides is 1. The monoisotopic (exact) mass is 247 g/mol. The molecule has 2 heterocycles. The summed E-state index contributed by atoms with van der Waals surface area (Å²) in [5, 5.41) is 3.43. The zero-order chi connectivity index (χ0) is 13.3. The van der Waals surface area contributed by atoms with E-state index in [0.717, 1.165) is 30.0 Å². The van der Waals surface area contributed by atoms with Gasteiger partial charge in [0.2, 0.25) is 0 Å². The molecule has 2 rings (SSSR count). The summed E-state index contributed by atoms with van der Waals surface area (Å²) in [5.41, 5.74) is 2.49. The predicted molar refractivity (Wildman–Crippen MR) is 71.7 cm³/mol. The molecule has 0 saturated carbocycles. The van der Waals surface area contributed by atoms with Crippen LogP contribution >= 0.6 is 0 Å². The van der Waals surface area contributed by atoms with Crippen molar-refractivity contribution in [2.45, 2.75) is 39.8 Å². The molecule has 1 saturated heterocycles. The zero-order valence-electron chi connectivity index (χ0n) is 11.5. The van der Waals surface area contributed by atoms with Gasteiger partial charge < -0.3 is 10.2 Å². The summed E-state index contributed by atoms with van der Waals surface area (Å²) in [4.78, 5) is 18.8. The van der Waals surface area contributed by atoms with Crippen molar-refractivity contribution in [2.24, 2.45) is 0 Å². The van der Waals surface area contributed by atoms with Crippen LogP contribution in [-0.2, 0) is 0 Å². The van der Waals surface area contributed by atoms with Gasteiger partial charge in [-0.05, 0) is 39.8 Å². The highest BCUT2D eigenvalue weighted by Crippen LogP contribution is 2.13. The van der Waals surface area contributed by atoms with Crippen LogP contribution in [0.4, 0.5) is 0 Å². The van der Waals surface area contributed by atoms with Crippen LogP contribution < -0.4 is 5.32 Å². The normalized spacial score (nSPS) is 24.1. The van der Waals surface area contributed by atoms with E-state index in [2.05, 4.69) is 24.1 Å². The molecule has 1 aliphatic heterocycles. The molecule has 0 unspecified atom stereocenters. The fraction of sp³-hybridized carbons (Fsp3) is 0.571. The van der Waals surface area contributed by atoms with Gasteiger partial charge in [-0.15, -0.1) is 0 Å². The van der Waals surface area contributed by atoms with E-state index in [-0.39, 0.29) is 5.91 Å². The Morgan fingerprint density at radius 3 is 2.44 bits per heavy atom. The lowest BCUT2D eigenvalue weighted by molar-refractivity contribution is 0.0672. The first-order valence-electron chi connectivity index (χ1n) is 6.47. The Bertz CT molecular complexity index is 448. The van der Waals surface area contributed by atoms with Crippen molar-refractivity contribution in [1.29, 1.82) is 0 Å². The van der Waals surface area contributed by atoms with E-state index >= 15 is 0 Å². The molecule has 4 nitrogen and oxygen atoms in total. The molecule has 0 aromatic carbocycles. The number of nitrogens with one attached hydrogen (secondary N) is 1. The minimum atomic E-state index is 0.0974. The number of aromatic nitrogens is 1. The lowest BCUT2D eigenvalue weighted by Gasteiger charge is -2.36. The Morgan fingerprint density at radius 1 is 1.28 bits per heavy atom. The van der Waals surface area contributed by atoms with E-state index in [1.54, 1.807) is 0 Å². The van der Waals surface area contributed by atoms with E-state index in [4.69, 9.17) is 0 Å². The van der Waals surface area contributed by atoms with E-state index in [1.165, 1.54) is 0 Å². The third-order valence-corrected chi connectivity index (χ3v) is 3.30. The number of nitrogens with zero attached hydrogens (tertiary/aromatic N) is 2. The van der Waals surface area contributed by atoms with Crippen LogP contribution in [0.3, 0.4) is 0 Å². The first-order valence-corrected chi connectivity index (χ1v) is 6.47. The third kappa shape index (κ3) is 2.70. The molecule has 0 bridgehead atoms. The largest absolute Gasteiger partial charge is 0.335 e. The summed E-state index contributed by atoms with van der Waals surface area (Å²) in [7, 11) is 0. The van der Waals surface area contributed by atoms with Crippen LogP contribution in [-0.4, -0.2) is 41.0 Å². The molecule has 2 atom stereocenters. The van der Waals surface area contributed by atoms with Gasteiger partial charge in [-0.25, -0.2) is 0 Å². The molecule has 0 spiro atoms. The molecule has 18 heavy (non-hydrogen) atoms. The van der Waals surface area contributed by atoms with Crippen molar-refractivity contribution in [3.05, 3.63) is 29.1 Å². The summed E-state index contributed by atoms with van der Waals surface area (Å²) in [5.74, 6) is 0.0974. The summed E-state index contributed by atoms with van der Waals surface area (Å²) in [6.45, 7) is 9.57. The SMILES string of the molecule is Cc1ccc(C(=O)N2C[C@H](C)N[C@@H](C)C2)c(C)n1. The average molecular weight is 247 g/mol. The highest BCUT2D eigenvalue weighted by Gasteiger charge is 2.26. The van der Waals surface area contributed by atoms with Gasteiger partial charge in [0.25, 0.3) is 5.91 Å². The lowest BCUT2D eigenvalue weighted by atomic mass is 10.1. The minimum Gasteiger partial charge on any atom is -0.335 e. The number of aryl methyl sites for hydroxylation is 2. The third-order valence-electron chi connectivity index (χ3n) is 3.30. The summed E-state index contributed by atoms with van der Waals surface area (Å²) < 4.78 is 0. The molecular weight excluding hydrogens is 226 g/mol. The van der Waals surface area contributed by atoms with Crippen LogP contribution in [0.15, 0.2) is 12.1 Å². The summed E-state index contributed by atoms with van der Waals surface area (Å²) >= 11 is 0. The Morgan fingerprint density at radius 2 is 1.89 bits per heavy atom. The fourth-order valence-electron chi connectivity index (χ4n) is 2.58. The quantitative estimate of drug-likeness (QED) is 0.818. The van der Waals surface area contributed by atoms with Gasteiger partial charge in [-0.1, -0.05) is 0 Å². The van der Waals surface area contributed by atoms with Crippen molar-refractivity contribution in [2.75, 3.05) is 13.1 Å². The molecule has 1 aliphatic rings. The molecule has 1 fully saturated rings. The Hall–Kier alpha value is -1.42. The topological polar surface area (TPSA) is 45.2 Å².